The lowest BCUT2D eigenvalue weighted by molar-refractivity contribution is -0.161. The molecule has 0 aliphatic carbocycles. The summed E-state index contributed by atoms with van der Waals surface area (Å²) in [5, 5.41) is 10.8. The first-order valence-corrected chi connectivity index (χ1v) is 10.5. The van der Waals surface area contributed by atoms with Gasteiger partial charge in [-0.05, 0) is 69.4 Å². The number of aromatic amines is 1. The van der Waals surface area contributed by atoms with Crippen LogP contribution in [0.2, 0.25) is 0 Å². The van der Waals surface area contributed by atoms with Crippen LogP contribution in [-0.2, 0) is 23.0 Å². The van der Waals surface area contributed by atoms with E-state index in [4.69, 9.17) is 9.47 Å². The van der Waals surface area contributed by atoms with Gasteiger partial charge in [-0.25, -0.2) is 4.79 Å². The molecule has 1 unspecified atom stereocenters. The zero-order valence-corrected chi connectivity index (χ0v) is 18.5. The number of rotatable bonds is 4. The maximum absolute atomic E-state index is 13.1. The molecule has 2 N–H and O–H groups in total. The molecule has 0 fully saturated rings. The Hall–Kier alpha value is -3.06. The zero-order valence-electron chi connectivity index (χ0n) is 18.5. The standard InChI is InChI=1S/C24H28N2O5/c1-13-14-7-6-12-30-17(14)9-8-15(13)18-16-10-11-25-19(16)22(27)26(5)20(18)21(23(28)29)31-24(2,3)4/h8-11,21,25H,6-7,12H2,1-5H3,(H,28,29). The Morgan fingerprint density at radius 1 is 1.29 bits per heavy atom. The van der Waals surface area contributed by atoms with Crippen LogP contribution in [0.3, 0.4) is 0 Å². The number of aliphatic carboxylic acids is 1. The highest BCUT2D eigenvalue weighted by molar-refractivity contribution is 5.98. The van der Waals surface area contributed by atoms with Gasteiger partial charge in [-0.2, -0.15) is 0 Å². The first kappa shape index (κ1) is 21.2. The fraction of sp³-hybridized carbons (Fsp3) is 0.417. The summed E-state index contributed by atoms with van der Waals surface area (Å²) in [5.41, 5.74) is 3.48. The van der Waals surface area contributed by atoms with Gasteiger partial charge in [0.2, 0.25) is 0 Å². The van der Waals surface area contributed by atoms with Crippen LogP contribution in [0.4, 0.5) is 0 Å². The minimum absolute atomic E-state index is 0.290. The second-order valence-corrected chi connectivity index (χ2v) is 9.01. The van der Waals surface area contributed by atoms with E-state index in [1.165, 1.54) is 4.57 Å². The van der Waals surface area contributed by atoms with Gasteiger partial charge >= 0.3 is 5.97 Å². The van der Waals surface area contributed by atoms with Crippen LogP contribution in [0.15, 0.2) is 29.2 Å². The normalized spacial score (nSPS) is 14.9. The van der Waals surface area contributed by atoms with Gasteiger partial charge in [-0.3, -0.25) is 4.79 Å². The van der Waals surface area contributed by atoms with Crippen molar-refractivity contribution in [2.24, 2.45) is 7.05 Å². The average Bonchev–Trinajstić information content (AvgIpc) is 3.19. The summed E-state index contributed by atoms with van der Waals surface area (Å²) in [6.07, 6.45) is 2.23. The van der Waals surface area contributed by atoms with Gasteiger partial charge in [-0.1, -0.05) is 6.07 Å². The summed E-state index contributed by atoms with van der Waals surface area (Å²) in [7, 11) is 1.60. The first-order chi connectivity index (χ1) is 14.6. The summed E-state index contributed by atoms with van der Waals surface area (Å²) in [6, 6.07) is 5.71. The average molecular weight is 424 g/mol. The number of carboxylic acids is 1. The van der Waals surface area contributed by atoms with E-state index >= 15 is 0 Å². The number of aromatic nitrogens is 2. The van der Waals surface area contributed by atoms with Gasteiger partial charge in [0.15, 0.2) is 6.10 Å². The lowest BCUT2D eigenvalue weighted by atomic mass is 9.89. The van der Waals surface area contributed by atoms with Crippen LogP contribution < -0.4 is 10.3 Å². The van der Waals surface area contributed by atoms with Crippen LogP contribution in [0.25, 0.3) is 22.0 Å². The molecule has 3 aromatic rings. The van der Waals surface area contributed by atoms with Gasteiger partial charge in [0.05, 0.1) is 17.9 Å². The molecule has 1 aliphatic heterocycles. The summed E-state index contributed by atoms with van der Waals surface area (Å²) in [4.78, 5) is 28.4. The van der Waals surface area contributed by atoms with Crippen LogP contribution in [-0.4, -0.2) is 32.8 Å². The van der Waals surface area contributed by atoms with E-state index < -0.39 is 17.7 Å². The molecule has 0 radical (unpaired) electrons. The molecule has 31 heavy (non-hydrogen) atoms. The molecular weight excluding hydrogens is 396 g/mol. The highest BCUT2D eigenvalue weighted by Gasteiger charge is 2.34. The van der Waals surface area contributed by atoms with Gasteiger partial charge < -0.3 is 24.1 Å². The van der Waals surface area contributed by atoms with Crippen molar-refractivity contribution in [3.8, 4) is 16.9 Å². The molecule has 0 saturated heterocycles. The molecule has 7 nitrogen and oxygen atoms in total. The lowest BCUT2D eigenvalue weighted by Gasteiger charge is -2.29. The number of fused-ring (bicyclic) bond motifs is 2. The highest BCUT2D eigenvalue weighted by atomic mass is 16.5. The van der Waals surface area contributed by atoms with Crippen molar-refractivity contribution in [3.63, 3.8) is 0 Å². The maximum Gasteiger partial charge on any atom is 0.339 e. The van der Waals surface area contributed by atoms with Crippen molar-refractivity contribution < 1.29 is 19.4 Å². The molecule has 1 aromatic carbocycles. The van der Waals surface area contributed by atoms with Crippen molar-refractivity contribution in [1.82, 2.24) is 9.55 Å². The Kier molecular flexibility index (Phi) is 5.17. The predicted octanol–water partition coefficient (Wildman–Crippen LogP) is 4.11. The number of nitrogens with one attached hydrogen (secondary N) is 1. The molecule has 0 saturated carbocycles. The molecule has 0 spiro atoms. The zero-order chi connectivity index (χ0) is 22.5. The third kappa shape index (κ3) is 3.63. The fourth-order valence-corrected chi connectivity index (χ4v) is 4.38. The summed E-state index contributed by atoms with van der Waals surface area (Å²) < 4.78 is 13.2. The van der Waals surface area contributed by atoms with E-state index in [9.17, 15) is 14.7 Å². The number of H-pyrrole nitrogens is 1. The van der Waals surface area contributed by atoms with Crippen LogP contribution in [0, 0.1) is 6.92 Å². The highest BCUT2D eigenvalue weighted by Crippen LogP contribution is 2.41. The van der Waals surface area contributed by atoms with E-state index in [1.807, 2.05) is 25.1 Å². The van der Waals surface area contributed by atoms with Gasteiger partial charge in [0.25, 0.3) is 5.56 Å². The molecule has 0 bridgehead atoms. The number of carbonyl (C=O) groups is 1. The Labute approximate surface area is 180 Å². The molecule has 1 aliphatic rings. The third-order valence-electron chi connectivity index (χ3n) is 5.75. The van der Waals surface area contributed by atoms with Crippen molar-refractivity contribution in [2.45, 2.75) is 52.2 Å². The van der Waals surface area contributed by atoms with Crippen molar-refractivity contribution in [3.05, 3.63) is 51.6 Å². The maximum atomic E-state index is 13.1. The van der Waals surface area contributed by atoms with Gasteiger partial charge in [0, 0.05) is 24.2 Å². The Morgan fingerprint density at radius 2 is 2.03 bits per heavy atom. The smallest absolute Gasteiger partial charge is 0.339 e. The molecule has 164 valence electrons. The van der Waals surface area contributed by atoms with Crippen molar-refractivity contribution in [2.75, 3.05) is 6.61 Å². The third-order valence-corrected chi connectivity index (χ3v) is 5.75. The fourth-order valence-electron chi connectivity index (χ4n) is 4.38. The minimum Gasteiger partial charge on any atom is -0.493 e. The lowest BCUT2D eigenvalue weighted by Crippen LogP contribution is -2.33. The van der Waals surface area contributed by atoms with Crippen LogP contribution >= 0.6 is 0 Å². The number of hydrogen-bond acceptors (Lipinski definition) is 4. The minimum atomic E-state index is -1.31. The van der Waals surface area contributed by atoms with Crippen molar-refractivity contribution >= 4 is 16.9 Å². The molecule has 3 heterocycles. The molecular formula is C24H28N2O5. The van der Waals surface area contributed by atoms with E-state index in [2.05, 4.69) is 4.98 Å². The van der Waals surface area contributed by atoms with Crippen molar-refractivity contribution in [1.29, 1.82) is 0 Å². The number of ether oxygens (including phenoxy) is 2. The Morgan fingerprint density at radius 3 is 2.71 bits per heavy atom. The number of benzene rings is 1. The second-order valence-electron chi connectivity index (χ2n) is 9.01. The van der Waals surface area contributed by atoms with E-state index in [-0.39, 0.29) is 5.56 Å². The Bertz CT molecular complexity index is 1230. The number of pyridine rings is 1. The Balaban J connectivity index is 2.09. The molecule has 1 atom stereocenters. The first-order valence-electron chi connectivity index (χ1n) is 10.5. The van der Waals surface area contributed by atoms with Gasteiger partial charge in [0.1, 0.15) is 11.3 Å². The second kappa shape index (κ2) is 7.57. The topological polar surface area (TPSA) is 93.5 Å². The number of nitrogens with zero attached hydrogens (tertiary/aromatic N) is 1. The molecule has 4 rings (SSSR count). The molecule has 7 heteroatoms. The molecule has 2 aromatic heterocycles. The summed E-state index contributed by atoms with van der Waals surface area (Å²) in [5.74, 6) is -0.273. The van der Waals surface area contributed by atoms with E-state index in [0.717, 1.165) is 35.3 Å². The number of carboxylic acid groups (broad SMARTS) is 1. The largest absolute Gasteiger partial charge is 0.493 e. The van der Waals surface area contributed by atoms with E-state index in [0.29, 0.717) is 28.8 Å². The predicted molar refractivity (Wildman–Crippen MR) is 119 cm³/mol. The summed E-state index contributed by atoms with van der Waals surface area (Å²) >= 11 is 0. The monoisotopic (exact) mass is 424 g/mol. The summed E-state index contributed by atoms with van der Waals surface area (Å²) in [6.45, 7) is 8.13. The SMILES string of the molecule is Cc1c(-c2c(C(OC(C)(C)C)C(=O)O)n(C)c(=O)c3[nH]ccc23)ccc2c1CCCO2. The quantitative estimate of drug-likeness (QED) is 0.657. The van der Waals surface area contributed by atoms with E-state index in [1.54, 1.807) is 34.0 Å². The number of hydrogen-bond donors (Lipinski definition) is 2. The van der Waals surface area contributed by atoms with Crippen LogP contribution in [0.5, 0.6) is 5.75 Å². The molecule has 0 amide bonds. The van der Waals surface area contributed by atoms with Gasteiger partial charge in [-0.15, -0.1) is 0 Å². The van der Waals surface area contributed by atoms with Crippen LogP contribution in [0.1, 0.15) is 50.1 Å².